The average Bonchev–Trinajstić information content (AvgIpc) is 2.76. The highest BCUT2D eigenvalue weighted by molar-refractivity contribution is 7.91. The van der Waals surface area contributed by atoms with Crippen LogP contribution < -0.4 is 15.4 Å². The van der Waals surface area contributed by atoms with Crippen LogP contribution in [0.3, 0.4) is 0 Å². The number of benzene rings is 3. The van der Waals surface area contributed by atoms with Gasteiger partial charge in [0.15, 0.2) is 0 Å². The summed E-state index contributed by atoms with van der Waals surface area (Å²) in [6.07, 6.45) is 0. The van der Waals surface area contributed by atoms with E-state index in [-0.39, 0.29) is 27.3 Å². The van der Waals surface area contributed by atoms with E-state index in [9.17, 15) is 13.2 Å². The molecule has 0 atom stereocenters. The summed E-state index contributed by atoms with van der Waals surface area (Å²) in [5.41, 5.74) is 1.51. The average molecular weight is 459 g/mol. The van der Waals surface area contributed by atoms with Gasteiger partial charge in [0.25, 0.3) is 0 Å². The van der Waals surface area contributed by atoms with Gasteiger partial charge in [-0.15, -0.1) is 0 Å². The first-order valence-corrected chi connectivity index (χ1v) is 11.5. The molecular weight excluding hydrogens is 436 g/mol. The van der Waals surface area contributed by atoms with Gasteiger partial charge in [0.1, 0.15) is 5.75 Å². The van der Waals surface area contributed by atoms with Crippen molar-refractivity contribution in [3.63, 3.8) is 0 Å². The van der Waals surface area contributed by atoms with E-state index in [4.69, 9.17) is 16.3 Å². The van der Waals surface area contributed by atoms with Crippen molar-refractivity contribution >= 4 is 38.7 Å². The van der Waals surface area contributed by atoms with Crippen molar-refractivity contribution in [3.05, 3.63) is 77.3 Å². The number of ether oxygens (including phenoxy) is 1. The predicted molar refractivity (Wildman–Crippen MR) is 123 cm³/mol. The zero-order valence-electron chi connectivity index (χ0n) is 17.2. The molecule has 0 aliphatic carbocycles. The minimum absolute atomic E-state index is 0.0769. The van der Waals surface area contributed by atoms with Crippen LogP contribution in [-0.2, 0) is 14.6 Å². The molecule has 0 saturated heterocycles. The lowest BCUT2D eigenvalue weighted by Gasteiger charge is -2.15. The van der Waals surface area contributed by atoms with Crippen molar-refractivity contribution in [1.82, 2.24) is 0 Å². The third-order valence-corrected chi connectivity index (χ3v) is 6.68. The molecule has 162 valence electrons. The second-order valence-electron chi connectivity index (χ2n) is 6.72. The first-order chi connectivity index (χ1) is 14.8. The van der Waals surface area contributed by atoms with E-state index >= 15 is 0 Å². The first-order valence-electron chi connectivity index (χ1n) is 9.68. The van der Waals surface area contributed by atoms with E-state index in [1.165, 1.54) is 18.2 Å². The smallest absolute Gasteiger partial charge is 0.243 e. The molecule has 0 bridgehead atoms. The largest absolute Gasteiger partial charge is 0.492 e. The topological polar surface area (TPSA) is 84.5 Å². The molecule has 8 heteroatoms. The molecule has 0 heterocycles. The fraction of sp³-hybridized carbons (Fsp3) is 0.174. The van der Waals surface area contributed by atoms with E-state index in [1.54, 1.807) is 49.4 Å². The first kappa shape index (κ1) is 22.7. The van der Waals surface area contributed by atoms with Crippen molar-refractivity contribution in [1.29, 1.82) is 0 Å². The van der Waals surface area contributed by atoms with Gasteiger partial charge in [0.05, 0.1) is 28.6 Å². The maximum atomic E-state index is 13.1. The van der Waals surface area contributed by atoms with Gasteiger partial charge in [-0.25, -0.2) is 8.42 Å². The van der Waals surface area contributed by atoms with Crippen LogP contribution in [0.2, 0.25) is 5.02 Å². The zero-order chi connectivity index (χ0) is 22.4. The monoisotopic (exact) mass is 458 g/mol. The number of nitrogens with one attached hydrogen (secondary N) is 2. The molecule has 0 radical (unpaired) electrons. The summed E-state index contributed by atoms with van der Waals surface area (Å²) in [5.74, 6) is 0.271. The summed E-state index contributed by atoms with van der Waals surface area (Å²) in [5, 5.41) is 6.03. The zero-order valence-corrected chi connectivity index (χ0v) is 18.8. The SMILES string of the molecule is CCOc1ccccc1NC(=O)CNc1cc(Cl)cc(S(=O)(=O)c2ccccc2)c1C. The highest BCUT2D eigenvalue weighted by Crippen LogP contribution is 2.32. The van der Waals surface area contributed by atoms with Crippen LogP contribution in [0.1, 0.15) is 12.5 Å². The molecule has 0 unspecified atom stereocenters. The van der Waals surface area contributed by atoms with Crippen LogP contribution in [0.5, 0.6) is 5.75 Å². The van der Waals surface area contributed by atoms with Gasteiger partial charge in [-0.1, -0.05) is 41.9 Å². The Hall–Kier alpha value is -3.03. The van der Waals surface area contributed by atoms with Gasteiger partial charge >= 0.3 is 0 Å². The summed E-state index contributed by atoms with van der Waals surface area (Å²) in [4.78, 5) is 12.7. The van der Waals surface area contributed by atoms with Crippen molar-refractivity contribution in [2.45, 2.75) is 23.6 Å². The van der Waals surface area contributed by atoms with E-state index in [0.29, 0.717) is 29.3 Å². The van der Waals surface area contributed by atoms with Crippen LogP contribution in [0.25, 0.3) is 0 Å². The van der Waals surface area contributed by atoms with Gasteiger partial charge in [-0.3, -0.25) is 4.79 Å². The van der Waals surface area contributed by atoms with Gasteiger partial charge in [-0.2, -0.15) is 0 Å². The molecular formula is C23H23ClN2O4S. The Balaban J connectivity index is 1.80. The number of amides is 1. The van der Waals surface area contributed by atoms with E-state index < -0.39 is 9.84 Å². The molecule has 6 nitrogen and oxygen atoms in total. The fourth-order valence-corrected chi connectivity index (χ4v) is 4.91. The maximum absolute atomic E-state index is 13.1. The molecule has 3 aromatic rings. The van der Waals surface area contributed by atoms with Gasteiger partial charge in [0.2, 0.25) is 15.7 Å². The van der Waals surface area contributed by atoms with Crippen LogP contribution in [0.15, 0.2) is 76.5 Å². The minimum atomic E-state index is -3.76. The number of halogens is 1. The van der Waals surface area contributed by atoms with Crippen LogP contribution in [0, 0.1) is 6.92 Å². The quantitative estimate of drug-likeness (QED) is 0.500. The highest BCUT2D eigenvalue weighted by Gasteiger charge is 2.22. The molecule has 0 fully saturated rings. The summed E-state index contributed by atoms with van der Waals surface area (Å²) in [6, 6.07) is 18.3. The Bertz CT molecular complexity index is 1180. The molecule has 0 aromatic heterocycles. The number of sulfone groups is 1. The van der Waals surface area contributed by atoms with Gasteiger partial charge < -0.3 is 15.4 Å². The van der Waals surface area contributed by atoms with E-state index in [0.717, 1.165) is 0 Å². The van der Waals surface area contributed by atoms with Crippen molar-refractivity contribution in [2.75, 3.05) is 23.8 Å². The van der Waals surface area contributed by atoms with Crippen LogP contribution in [-0.4, -0.2) is 27.5 Å². The van der Waals surface area contributed by atoms with Gasteiger partial charge in [-0.05, 0) is 55.8 Å². The molecule has 0 saturated carbocycles. The van der Waals surface area contributed by atoms with E-state index in [1.807, 2.05) is 13.0 Å². The number of hydrogen-bond acceptors (Lipinski definition) is 5. The summed E-state index contributed by atoms with van der Waals surface area (Å²) < 4.78 is 31.6. The maximum Gasteiger partial charge on any atom is 0.243 e. The molecule has 3 rings (SSSR count). The number of rotatable bonds is 8. The second kappa shape index (κ2) is 9.85. The highest BCUT2D eigenvalue weighted by atomic mass is 35.5. The number of carbonyl (C=O) groups is 1. The normalized spacial score (nSPS) is 11.1. The molecule has 1 amide bonds. The molecule has 3 aromatic carbocycles. The Morgan fingerprint density at radius 1 is 1.00 bits per heavy atom. The van der Waals surface area contributed by atoms with Crippen molar-refractivity contribution in [2.24, 2.45) is 0 Å². The number of para-hydroxylation sites is 2. The fourth-order valence-electron chi connectivity index (χ4n) is 3.06. The lowest BCUT2D eigenvalue weighted by atomic mass is 10.2. The number of carbonyl (C=O) groups excluding carboxylic acids is 1. The minimum Gasteiger partial charge on any atom is -0.492 e. The van der Waals surface area contributed by atoms with Crippen LogP contribution in [0.4, 0.5) is 11.4 Å². The van der Waals surface area contributed by atoms with Crippen molar-refractivity contribution in [3.8, 4) is 5.75 Å². The second-order valence-corrected chi connectivity index (χ2v) is 9.08. The Labute approximate surface area is 187 Å². The lowest BCUT2D eigenvalue weighted by Crippen LogP contribution is -2.22. The lowest BCUT2D eigenvalue weighted by molar-refractivity contribution is -0.114. The number of anilines is 2. The third kappa shape index (κ3) is 5.37. The third-order valence-electron chi connectivity index (χ3n) is 4.57. The molecule has 0 aliphatic rings. The Kier molecular flexibility index (Phi) is 7.20. The molecule has 0 spiro atoms. The van der Waals surface area contributed by atoms with Gasteiger partial charge in [0, 0.05) is 10.7 Å². The molecule has 0 aliphatic heterocycles. The standard InChI is InChI=1S/C23H23ClN2O4S/c1-3-30-21-12-8-7-11-19(21)26-23(27)15-25-20-13-17(24)14-22(16(20)2)31(28,29)18-9-5-4-6-10-18/h4-14,25H,3,15H2,1-2H3,(H,26,27). The van der Waals surface area contributed by atoms with Crippen LogP contribution >= 0.6 is 11.6 Å². The van der Waals surface area contributed by atoms with Crippen molar-refractivity contribution < 1.29 is 17.9 Å². The summed E-state index contributed by atoms with van der Waals surface area (Å²) >= 11 is 6.19. The van der Waals surface area contributed by atoms with E-state index in [2.05, 4.69) is 10.6 Å². The molecule has 31 heavy (non-hydrogen) atoms. The Morgan fingerprint density at radius 3 is 2.39 bits per heavy atom. The molecule has 2 N–H and O–H groups in total. The Morgan fingerprint density at radius 2 is 1.68 bits per heavy atom. The summed E-state index contributed by atoms with van der Waals surface area (Å²) in [6.45, 7) is 3.94. The summed E-state index contributed by atoms with van der Waals surface area (Å²) in [7, 11) is -3.76. The predicted octanol–water partition coefficient (Wildman–Crippen LogP) is 4.93. The number of hydrogen-bond donors (Lipinski definition) is 2.